The molecular formula is C23H26N4O2S. The number of esters is 1. The normalized spacial score (nSPS) is 14.6. The second-order valence-electron chi connectivity index (χ2n) is 7.39. The van der Waals surface area contributed by atoms with E-state index < -0.39 is 0 Å². The van der Waals surface area contributed by atoms with Gasteiger partial charge in [-0.15, -0.1) is 10.2 Å². The quantitative estimate of drug-likeness (QED) is 0.417. The number of methoxy groups -OCH3 is 1. The zero-order chi connectivity index (χ0) is 20.8. The lowest BCUT2D eigenvalue weighted by Gasteiger charge is -2.26. The lowest BCUT2D eigenvalue weighted by Crippen LogP contribution is -2.30. The number of rotatable bonds is 7. The number of hydrogen-bond donors (Lipinski definition) is 0. The lowest BCUT2D eigenvalue weighted by molar-refractivity contribution is 0.0600. The van der Waals surface area contributed by atoms with Crippen LogP contribution in [0.2, 0.25) is 0 Å². The van der Waals surface area contributed by atoms with E-state index in [0.29, 0.717) is 11.3 Å². The Morgan fingerprint density at radius 2 is 1.83 bits per heavy atom. The molecular weight excluding hydrogens is 396 g/mol. The molecule has 3 aromatic rings. The Hall–Kier alpha value is -2.64. The molecule has 0 radical (unpaired) electrons. The number of carbonyl (C=O) groups excluding carboxylic acids is 1. The number of carbonyl (C=O) groups is 1. The lowest BCUT2D eigenvalue weighted by atomic mass is 10.1. The summed E-state index contributed by atoms with van der Waals surface area (Å²) in [6.07, 6.45) is 3.81. The molecule has 0 bridgehead atoms. The molecule has 1 aliphatic rings. The molecule has 2 aromatic carbocycles. The highest BCUT2D eigenvalue weighted by Crippen LogP contribution is 2.26. The van der Waals surface area contributed by atoms with Crippen molar-refractivity contribution in [1.29, 1.82) is 0 Å². The monoisotopic (exact) mass is 422 g/mol. The van der Waals surface area contributed by atoms with Crippen LogP contribution >= 0.6 is 11.8 Å². The first-order valence-corrected chi connectivity index (χ1v) is 11.3. The highest BCUT2D eigenvalue weighted by Gasteiger charge is 2.19. The van der Waals surface area contributed by atoms with Crippen LogP contribution in [-0.4, -0.2) is 45.8 Å². The topological polar surface area (TPSA) is 60.2 Å². The number of benzene rings is 2. The molecule has 0 atom stereocenters. The van der Waals surface area contributed by atoms with Crippen LogP contribution in [-0.2, 0) is 17.0 Å². The Morgan fingerprint density at radius 1 is 1.03 bits per heavy atom. The number of aromatic nitrogens is 3. The van der Waals surface area contributed by atoms with Crippen molar-refractivity contribution in [3.05, 3.63) is 71.5 Å². The highest BCUT2D eigenvalue weighted by molar-refractivity contribution is 7.98. The summed E-state index contributed by atoms with van der Waals surface area (Å²) < 4.78 is 6.99. The summed E-state index contributed by atoms with van der Waals surface area (Å²) in [6.45, 7) is 3.04. The van der Waals surface area contributed by atoms with Crippen LogP contribution < -0.4 is 0 Å². The van der Waals surface area contributed by atoms with Crippen LogP contribution in [0.1, 0.15) is 41.0 Å². The number of ether oxygens (including phenoxy) is 1. The number of nitrogens with zero attached hydrogens (tertiary/aromatic N) is 4. The fraction of sp³-hybridized carbons (Fsp3) is 0.348. The largest absolute Gasteiger partial charge is 0.465 e. The van der Waals surface area contributed by atoms with Gasteiger partial charge in [0.15, 0.2) is 11.0 Å². The summed E-state index contributed by atoms with van der Waals surface area (Å²) in [7, 11) is 1.40. The van der Waals surface area contributed by atoms with Crippen molar-refractivity contribution in [1.82, 2.24) is 19.7 Å². The van der Waals surface area contributed by atoms with Crippen LogP contribution in [0.3, 0.4) is 0 Å². The maximum Gasteiger partial charge on any atom is 0.337 e. The standard InChI is InChI=1S/C23H26N4O2S/c1-29-22(28)19-10-8-9-18(15-19)17-30-23-25-24-21(16-26-13-6-3-7-14-26)27(23)20-11-4-2-5-12-20/h2,4-5,8-12,15H,3,6-7,13-14,16-17H2,1H3. The van der Waals surface area contributed by atoms with Crippen LogP contribution in [0.5, 0.6) is 0 Å². The number of likely N-dealkylation sites (tertiary alicyclic amines) is 1. The van der Waals surface area contributed by atoms with Gasteiger partial charge in [0.2, 0.25) is 0 Å². The Bertz CT molecular complexity index is 984. The van der Waals surface area contributed by atoms with Crippen LogP contribution in [0.15, 0.2) is 59.8 Å². The number of piperidine rings is 1. The first-order chi connectivity index (χ1) is 14.7. The molecule has 7 heteroatoms. The van der Waals surface area contributed by atoms with E-state index in [9.17, 15) is 4.79 Å². The summed E-state index contributed by atoms with van der Waals surface area (Å²) >= 11 is 1.62. The van der Waals surface area contributed by atoms with E-state index in [0.717, 1.165) is 41.9 Å². The van der Waals surface area contributed by atoms with E-state index in [-0.39, 0.29) is 5.97 Å². The summed E-state index contributed by atoms with van der Waals surface area (Å²) in [5.41, 5.74) is 2.68. The summed E-state index contributed by atoms with van der Waals surface area (Å²) in [5.74, 6) is 1.34. The molecule has 0 aliphatic carbocycles. The zero-order valence-electron chi connectivity index (χ0n) is 17.2. The van der Waals surface area contributed by atoms with Gasteiger partial charge < -0.3 is 4.74 Å². The Labute approximate surface area is 181 Å². The van der Waals surface area contributed by atoms with Gasteiger partial charge in [-0.25, -0.2) is 4.79 Å². The fourth-order valence-electron chi connectivity index (χ4n) is 3.70. The average molecular weight is 423 g/mol. The van der Waals surface area contributed by atoms with Crippen molar-refractivity contribution in [3.63, 3.8) is 0 Å². The minimum Gasteiger partial charge on any atom is -0.465 e. The molecule has 0 spiro atoms. The van der Waals surface area contributed by atoms with Gasteiger partial charge in [-0.05, 0) is 55.8 Å². The number of thioether (sulfide) groups is 1. The number of hydrogen-bond acceptors (Lipinski definition) is 6. The summed E-state index contributed by atoms with van der Waals surface area (Å²) in [5, 5.41) is 9.90. The molecule has 4 rings (SSSR count). The molecule has 30 heavy (non-hydrogen) atoms. The third kappa shape index (κ3) is 4.91. The van der Waals surface area contributed by atoms with Crippen LogP contribution in [0.25, 0.3) is 5.69 Å². The number of para-hydroxylation sites is 1. The molecule has 1 fully saturated rings. The van der Waals surface area contributed by atoms with Gasteiger partial charge in [0.05, 0.1) is 19.2 Å². The molecule has 2 heterocycles. The second-order valence-corrected chi connectivity index (χ2v) is 8.33. The van der Waals surface area contributed by atoms with Crippen molar-refractivity contribution in [2.45, 2.75) is 36.7 Å². The van der Waals surface area contributed by atoms with Gasteiger partial charge in [-0.1, -0.05) is 48.5 Å². The van der Waals surface area contributed by atoms with E-state index in [1.165, 1.54) is 26.4 Å². The van der Waals surface area contributed by atoms with E-state index >= 15 is 0 Å². The average Bonchev–Trinajstić information content (AvgIpc) is 3.21. The molecule has 156 valence electrons. The zero-order valence-corrected chi connectivity index (χ0v) is 18.0. The van der Waals surface area contributed by atoms with Crippen molar-refractivity contribution in [2.24, 2.45) is 0 Å². The SMILES string of the molecule is COC(=O)c1cccc(CSc2nnc(CN3CCCCC3)n2-c2ccccc2)c1. The van der Waals surface area contributed by atoms with Crippen molar-refractivity contribution < 1.29 is 9.53 Å². The van der Waals surface area contributed by atoms with Gasteiger partial charge in [-0.2, -0.15) is 0 Å². The molecule has 1 aromatic heterocycles. The third-order valence-electron chi connectivity index (χ3n) is 5.24. The van der Waals surface area contributed by atoms with Gasteiger partial charge >= 0.3 is 5.97 Å². The van der Waals surface area contributed by atoms with E-state index in [4.69, 9.17) is 4.74 Å². The van der Waals surface area contributed by atoms with Gasteiger partial charge in [0, 0.05) is 11.4 Å². The molecule has 1 aliphatic heterocycles. The Morgan fingerprint density at radius 3 is 2.60 bits per heavy atom. The smallest absolute Gasteiger partial charge is 0.337 e. The van der Waals surface area contributed by atoms with E-state index in [1.807, 2.05) is 36.4 Å². The molecule has 6 nitrogen and oxygen atoms in total. The Kier molecular flexibility index (Phi) is 6.81. The molecule has 0 saturated carbocycles. The van der Waals surface area contributed by atoms with Gasteiger partial charge in [0.1, 0.15) is 0 Å². The maximum atomic E-state index is 11.8. The van der Waals surface area contributed by atoms with E-state index in [2.05, 4.69) is 31.8 Å². The van der Waals surface area contributed by atoms with Gasteiger partial charge in [-0.3, -0.25) is 9.47 Å². The van der Waals surface area contributed by atoms with Crippen molar-refractivity contribution in [3.8, 4) is 5.69 Å². The highest BCUT2D eigenvalue weighted by atomic mass is 32.2. The molecule has 0 N–H and O–H groups in total. The molecule has 0 unspecified atom stereocenters. The predicted molar refractivity (Wildman–Crippen MR) is 118 cm³/mol. The van der Waals surface area contributed by atoms with Crippen molar-refractivity contribution >= 4 is 17.7 Å². The third-order valence-corrected chi connectivity index (χ3v) is 6.24. The molecule has 0 amide bonds. The van der Waals surface area contributed by atoms with Crippen LogP contribution in [0.4, 0.5) is 0 Å². The summed E-state index contributed by atoms with van der Waals surface area (Å²) in [6, 6.07) is 17.8. The minimum absolute atomic E-state index is 0.321. The van der Waals surface area contributed by atoms with Crippen molar-refractivity contribution in [2.75, 3.05) is 20.2 Å². The molecule has 1 saturated heterocycles. The van der Waals surface area contributed by atoms with Crippen LogP contribution in [0, 0.1) is 0 Å². The van der Waals surface area contributed by atoms with E-state index in [1.54, 1.807) is 17.8 Å². The summed E-state index contributed by atoms with van der Waals surface area (Å²) in [4.78, 5) is 14.3. The maximum absolute atomic E-state index is 11.8. The Balaban J connectivity index is 1.56. The van der Waals surface area contributed by atoms with Gasteiger partial charge in [0.25, 0.3) is 0 Å². The fourth-order valence-corrected chi connectivity index (χ4v) is 4.62. The minimum atomic E-state index is -0.321. The first kappa shape index (κ1) is 20.6. The first-order valence-electron chi connectivity index (χ1n) is 10.3. The predicted octanol–water partition coefficient (Wildman–Crippen LogP) is 4.33. The second kappa shape index (κ2) is 9.91.